The van der Waals surface area contributed by atoms with E-state index in [4.69, 9.17) is 4.74 Å². The number of rotatable bonds is 60. The molecule has 420 valence electrons. The zero-order valence-electron chi connectivity index (χ0n) is 48.0. The Morgan fingerprint density at radius 3 is 1.04 bits per heavy atom. The van der Waals surface area contributed by atoms with E-state index in [2.05, 4.69) is 43.5 Å². The normalized spacial score (nSPS) is 12.7. The lowest BCUT2D eigenvalue weighted by atomic mass is 10.0. The number of nitrogens with one attached hydrogen (secondary N) is 1. The standard InChI is InChI=1S/C65H125NO5/c1-3-5-7-9-11-13-15-16-17-18-19-20-21-22-23-25-28-31-34-38-41-45-49-53-57-63(68)62(61-67)66-64(69)58-54-50-46-42-39-35-32-29-26-24-27-30-33-36-40-44-48-52-56-60-71-65(70)59-55-51-47-43-37-14-12-10-8-6-4-2/h10,12,24,26,62-63,67-68H,3-9,11,13-23,25,27-61H2,1-2H3,(H,66,69)/b12-10-,26-24-. The first kappa shape index (κ1) is 69.3. The summed E-state index contributed by atoms with van der Waals surface area (Å²) >= 11 is 0. The average Bonchev–Trinajstić information content (AvgIpc) is 3.37. The average molecular weight is 1000 g/mol. The second-order valence-corrected chi connectivity index (χ2v) is 22.1. The Labute approximate surface area is 443 Å². The zero-order chi connectivity index (χ0) is 51.4. The van der Waals surface area contributed by atoms with E-state index in [1.165, 1.54) is 276 Å². The van der Waals surface area contributed by atoms with E-state index in [0.717, 1.165) is 44.9 Å². The fourth-order valence-electron chi connectivity index (χ4n) is 10.0. The van der Waals surface area contributed by atoms with Crippen LogP contribution >= 0.6 is 0 Å². The van der Waals surface area contributed by atoms with Crippen LogP contribution in [0.3, 0.4) is 0 Å². The van der Waals surface area contributed by atoms with Gasteiger partial charge in [-0.1, -0.05) is 295 Å². The molecule has 3 N–H and O–H groups in total. The predicted octanol–water partition coefficient (Wildman–Crippen LogP) is 20.2. The fourth-order valence-corrected chi connectivity index (χ4v) is 10.0. The Balaban J connectivity index is 3.44. The number of carbonyl (C=O) groups is 2. The van der Waals surface area contributed by atoms with Crippen LogP contribution in [0, 0.1) is 0 Å². The summed E-state index contributed by atoms with van der Waals surface area (Å²) in [5.74, 6) is -0.0475. The minimum atomic E-state index is -0.672. The van der Waals surface area contributed by atoms with Crippen LogP contribution in [0.15, 0.2) is 24.3 Å². The highest BCUT2D eigenvalue weighted by atomic mass is 16.5. The quantitative estimate of drug-likeness (QED) is 0.0320. The maximum atomic E-state index is 12.5. The van der Waals surface area contributed by atoms with Crippen molar-refractivity contribution in [1.29, 1.82) is 0 Å². The van der Waals surface area contributed by atoms with E-state index in [1.807, 2.05) is 0 Å². The molecule has 1 amide bonds. The maximum Gasteiger partial charge on any atom is 0.305 e. The SMILES string of the molecule is CCCC/C=C\CCCCCCCC(=O)OCCCCCCCCCC/C=C\CCCCCCCCCC(=O)NC(CO)C(O)CCCCCCCCCCCCCCCCCCCCCCCCCC. The van der Waals surface area contributed by atoms with Crippen molar-refractivity contribution in [3.8, 4) is 0 Å². The lowest BCUT2D eigenvalue weighted by Gasteiger charge is -2.22. The Kier molecular flexibility index (Phi) is 59.5. The van der Waals surface area contributed by atoms with Crippen molar-refractivity contribution >= 4 is 11.9 Å². The predicted molar refractivity (Wildman–Crippen MR) is 310 cm³/mol. The molecular weight excluding hydrogens is 875 g/mol. The van der Waals surface area contributed by atoms with Gasteiger partial charge in [-0.25, -0.2) is 0 Å². The Hall–Kier alpha value is -1.66. The van der Waals surface area contributed by atoms with Gasteiger partial charge in [0.2, 0.25) is 5.91 Å². The van der Waals surface area contributed by atoms with Gasteiger partial charge in [-0.2, -0.15) is 0 Å². The van der Waals surface area contributed by atoms with Gasteiger partial charge in [0.1, 0.15) is 0 Å². The minimum Gasteiger partial charge on any atom is -0.466 e. The van der Waals surface area contributed by atoms with Gasteiger partial charge >= 0.3 is 5.97 Å². The van der Waals surface area contributed by atoms with E-state index in [9.17, 15) is 19.8 Å². The lowest BCUT2D eigenvalue weighted by Crippen LogP contribution is -2.45. The summed E-state index contributed by atoms with van der Waals surface area (Å²) in [5.41, 5.74) is 0. The van der Waals surface area contributed by atoms with Gasteiger partial charge in [0.25, 0.3) is 0 Å². The highest BCUT2D eigenvalue weighted by molar-refractivity contribution is 5.76. The van der Waals surface area contributed by atoms with Crippen LogP contribution in [0.25, 0.3) is 0 Å². The van der Waals surface area contributed by atoms with Crippen molar-refractivity contribution in [3.63, 3.8) is 0 Å². The summed E-state index contributed by atoms with van der Waals surface area (Å²) in [6.07, 6.45) is 74.8. The van der Waals surface area contributed by atoms with Gasteiger partial charge in [-0.15, -0.1) is 0 Å². The maximum absolute atomic E-state index is 12.5. The number of hydrogen-bond acceptors (Lipinski definition) is 5. The van der Waals surface area contributed by atoms with E-state index >= 15 is 0 Å². The fraction of sp³-hybridized carbons (Fsp3) is 0.908. The zero-order valence-corrected chi connectivity index (χ0v) is 48.0. The molecule has 0 heterocycles. The molecule has 0 aromatic carbocycles. The third-order valence-electron chi connectivity index (χ3n) is 15.0. The first-order chi connectivity index (χ1) is 35.0. The number of amides is 1. The van der Waals surface area contributed by atoms with Crippen LogP contribution in [0.5, 0.6) is 0 Å². The first-order valence-electron chi connectivity index (χ1n) is 32.1. The highest BCUT2D eigenvalue weighted by Crippen LogP contribution is 2.18. The van der Waals surface area contributed by atoms with Crippen LogP contribution in [0.1, 0.15) is 354 Å². The number of allylic oxidation sites excluding steroid dienone is 4. The van der Waals surface area contributed by atoms with E-state index < -0.39 is 12.1 Å². The molecule has 0 spiro atoms. The molecule has 0 rings (SSSR count). The molecule has 0 saturated carbocycles. The van der Waals surface area contributed by atoms with Crippen LogP contribution in [-0.4, -0.2) is 47.4 Å². The smallest absolute Gasteiger partial charge is 0.305 e. The number of esters is 1. The van der Waals surface area contributed by atoms with E-state index in [-0.39, 0.29) is 18.5 Å². The number of carbonyl (C=O) groups excluding carboxylic acids is 2. The minimum absolute atomic E-state index is 0.00648. The second-order valence-electron chi connectivity index (χ2n) is 22.1. The van der Waals surface area contributed by atoms with Gasteiger partial charge in [-0.3, -0.25) is 9.59 Å². The molecule has 0 aromatic heterocycles. The second kappa shape index (κ2) is 60.9. The van der Waals surface area contributed by atoms with Crippen LogP contribution < -0.4 is 5.32 Å². The molecule has 2 atom stereocenters. The van der Waals surface area contributed by atoms with Gasteiger partial charge in [0.05, 0.1) is 25.4 Å². The first-order valence-corrected chi connectivity index (χ1v) is 32.1. The molecule has 0 aromatic rings. The van der Waals surface area contributed by atoms with Crippen LogP contribution in [0.4, 0.5) is 0 Å². The Bertz CT molecular complexity index is 1110. The van der Waals surface area contributed by atoms with Crippen molar-refractivity contribution in [2.24, 2.45) is 0 Å². The molecule has 0 aliphatic heterocycles. The molecule has 2 unspecified atom stereocenters. The molecule has 0 saturated heterocycles. The van der Waals surface area contributed by atoms with Gasteiger partial charge in [-0.05, 0) is 70.6 Å². The number of hydrogen-bond donors (Lipinski definition) is 3. The molecule has 0 aliphatic rings. The topological polar surface area (TPSA) is 95.9 Å². The summed E-state index contributed by atoms with van der Waals surface area (Å²) in [4.78, 5) is 24.5. The third-order valence-corrected chi connectivity index (χ3v) is 15.0. The van der Waals surface area contributed by atoms with Crippen molar-refractivity contribution in [3.05, 3.63) is 24.3 Å². The molecule has 0 bridgehead atoms. The number of aliphatic hydroxyl groups excluding tert-OH is 2. The molecule has 0 aliphatic carbocycles. The summed E-state index contributed by atoms with van der Waals surface area (Å²) in [5, 5.41) is 23.4. The lowest BCUT2D eigenvalue weighted by molar-refractivity contribution is -0.143. The van der Waals surface area contributed by atoms with Crippen molar-refractivity contribution in [2.75, 3.05) is 13.2 Å². The summed E-state index contributed by atoms with van der Waals surface area (Å²) in [6, 6.07) is -0.550. The summed E-state index contributed by atoms with van der Waals surface area (Å²) in [6.45, 7) is 4.93. The Morgan fingerprint density at radius 2 is 0.676 bits per heavy atom. The highest BCUT2D eigenvalue weighted by Gasteiger charge is 2.20. The molecule has 0 radical (unpaired) electrons. The molecular formula is C65H125NO5. The summed E-state index contributed by atoms with van der Waals surface area (Å²) in [7, 11) is 0. The largest absolute Gasteiger partial charge is 0.466 e. The summed E-state index contributed by atoms with van der Waals surface area (Å²) < 4.78 is 5.45. The van der Waals surface area contributed by atoms with Crippen molar-refractivity contribution < 1.29 is 24.5 Å². The van der Waals surface area contributed by atoms with E-state index in [0.29, 0.717) is 25.9 Å². The Morgan fingerprint density at radius 1 is 0.380 bits per heavy atom. The molecule has 0 fully saturated rings. The van der Waals surface area contributed by atoms with E-state index in [1.54, 1.807) is 0 Å². The number of unbranched alkanes of at least 4 members (excludes halogenated alkanes) is 45. The monoisotopic (exact) mass is 1000 g/mol. The third kappa shape index (κ3) is 57.5. The number of aliphatic hydroxyl groups is 2. The molecule has 71 heavy (non-hydrogen) atoms. The van der Waals surface area contributed by atoms with Crippen LogP contribution in [0.2, 0.25) is 0 Å². The molecule has 6 heteroatoms. The van der Waals surface area contributed by atoms with Gasteiger partial charge in [0, 0.05) is 12.8 Å². The van der Waals surface area contributed by atoms with Crippen molar-refractivity contribution in [2.45, 2.75) is 366 Å². The molecule has 6 nitrogen and oxygen atoms in total. The van der Waals surface area contributed by atoms with Gasteiger partial charge < -0.3 is 20.3 Å². The number of ether oxygens (including phenoxy) is 1. The van der Waals surface area contributed by atoms with Gasteiger partial charge in [0.15, 0.2) is 0 Å². The van der Waals surface area contributed by atoms with Crippen LogP contribution in [-0.2, 0) is 14.3 Å². The van der Waals surface area contributed by atoms with Crippen molar-refractivity contribution in [1.82, 2.24) is 5.32 Å².